The van der Waals surface area contributed by atoms with E-state index >= 15 is 0 Å². The third kappa shape index (κ3) is 2.55. The van der Waals surface area contributed by atoms with E-state index in [2.05, 4.69) is 12.2 Å². The zero-order valence-corrected chi connectivity index (χ0v) is 8.87. The second-order valence-electron chi connectivity index (χ2n) is 3.98. The molecule has 82 valence electrons. The Balaban J connectivity index is 2.13. The Morgan fingerprint density at radius 3 is 3.00 bits per heavy atom. The van der Waals surface area contributed by atoms with E-state index in [1.807, 2.05) is 6.07 Å². The largest absolute Gasteiger partial charge is 0.372 e. The Labute approximate surface area is 89.4 Å². The van der Waals surface area contributed by atoms with E-state index in [1.165, 1.54) is 6.07 Å². The van der Waals surface area contributed by atoms with Crippen LogP contribution in [0.4, 0.5) is 4.39 Å². The molecule has 1 aliphatic rings. The second kappa shape index (κ2) is 4.73. The molecular formula is C12H16FNO. The third-order valence-corrected chi connectivity index (χ3v) is 2.77. The van der Waals surface area contributed by atoms with Gasteiger partial charge in [-0.3, -0.25) is 0 Å². The van der Waals surface area contributed by atoms with Gasteiger partial charge in [-0.25, -0.2) is 4.39 Å². The van der Waals surface area contributed by atoms with Gasteiger partial charge >= 0.3 is 0 Å². The number of hydrogen-bond acceptors (Lipinski definition) is 2. The summed E-state index contributed by atoms with van der Waals surface area (Å²) in [5.74, 6) is -0.182. The summed E-state index contributed by atoms with van der Waals surface area (Å²) in [5.41, 5.74) is 0.652. The highest BCUT2D eigenvalue weighted by atomic mass is 19.1. The Morgan fingerprint density at radius 1 is 1.40 bits per heavy atom. The summed E-state index contributed by atoms with van der Waals surface area (Å²) in [4.78, 5) is 0. The lowest BCUT2D eigenvalue weighted by atomic mass is 10.1. The fourth-order valence-corrected chi connectivity index (χ4v) is 1.79. The van der Waals surface area contributed by atoms with E-state index in [1.54, 1.807) is 12.1 Å². The molecule has 3 heteroatoms. The van der Waals surface area contributed by atoms with Crippen LogP contribution in [0.1, 0.15) is 25.0 Å². The van der Waals surface area contributed by atoms with Crippen molar-refractivity contribution in [2.24, 2.45) is 0 Å². The minimum absolute atomic E-state index is 0.156. The average Bonchev–Trinajstić information content (AvgIpc) is 2.44. The molecule has 0 spiro atoms. The molecule has 15 heavy (non-hydrogen) atoms. The summed E-state index contributed by atoms with van der Waals surface area (Å²) in [7, 11) is 0. The van der Waals surface area contributed by atoms with Gasteiger partial charge in [0.2, 0.25) is 0 Å². The molecule has 0 saturated carbocycles. The molecular weight excluding hydrogens is 193 g/mol. The van der Waals surface area contributed by atoms with E-state index < -0.39 is 0 Å². The average molecular weight is 209 g/mol. The van der Waals surface area contributed by atoms with E-state index in [9.17, 15) is 4.39 Å². The van der Waals surface area contributed by atoms with Crippen LogP contribution in [0.2, 0.25) is 0 Å². The highest BCUT2D eigenvalue weighted by Gasteiger charge is 2.19. The molecule has 2 nitrogen and oxygen atoms in total. The van der Waals surface area contributed by atoms with Crippen LogP contribution in [-0.4, -0.2) is 19.2 Å². The van der Waals surface area contributed by atoms with Gasteiger partial charge in [-0.2, -0.15) is 0 Å². The Kier molecular flexibility index (Phi) is 3.34. The highest BCUT2D eigenvalue weighted by Crippen LogP contribution is 2.22. The van der Waals surface area contributed by atoms with Crippen molar-refractivity contribution in [3.63, 3.8) is 0 Å². The van der Waals surface area contributed by atoms with Crippen LogP contribution < -0.4 is 5.32 Å². The molecule has 2 unspecified atom stereocenters. The van der Waals surface area contributed by atoms with Gasteiger partial charge in [0.05, 0.1) is 6.10 Å². The fraction of sp³-hybridized carbons (Fsp3) is 0.500. The first-order valence-corrected chi connectivity index (χ1v) is 5.37. The first kappa shape index (κ1) is 10.6. The van der Waals surface area contributed by atoms with Crippen LogP contribution in [0.5, 0.6) is 0 Å². The lowest BCUT2D eigenvalue weighted by Crippen LogP contribution is -2.27. The summed E-state index contributed by atoms with van der Waals surface area (Å²) < 4.78 is 19.1. The number of ether oxygens (including phenoxy) is 1. The van der Waals surface area contributed by atoms with E-state index in [4.69, 9.17) is 4.74 Å². The van der Waals surface area contributed by atoms with E-state index in [0.717, 1.165) is 6.42 Å². The smallest absolute Gasteiger partial charge is 0.129 e. The maximum atomic E-state index is 13.5. The minimum atomic E-state index is -0.182. The third-order valence-electron chi connectivity index (χ3n) is 2.77. The van der Waals surface area contributed by atoms with Gasteiger partial charge in [0.1, 0.15) is 5.82 Å². The van der Waals surface area contributed by atoms with Gasteiger partial charge in [-0.1, -0.05) is 18.2 Å². The van der Waals surface area contributed by atoms with Crippen molar-refractivity contribution in [3.8, 4) is 0 Å². The molecule has 0 radical (unpaired) electrons. The molecule has 2 rings (SSSR count). The summed E-state index contributed by atoms with van der Waals surface area (Å²) in [6.45, 7) is 3.49. The molecule has 1 aliphatic heterocycles. The molecule has 0 aromatic heterocycles. The molecule has 1 aromatic rings. The predicted octanol–water partition coefficient (Wildman–Crippen LogP) is 2.27. The minimum Gasteiger partial charge on any atom is -0.372 e. The predicted molar refractivity (Wildman–Crippen MR) is 57.2 cm³/mol. The molecule has 2 atom stereocenters. The Bertz CT molecular complexity index is 329. The lowest BCUT2D eigenvalue weighted by Gasteiger charge is -2.16. The van der Waals surface area contributed by atoms with Crippen LogP contribution in [0, 0.1) is 5.82 Å². The zero-order chi connectivity index (χ0) is 10.7. The van der Waals surface area contributed by atoms with Gasteiger partial charge in [-0.05, 0) is 19.4 Å². The van der Waals surface area contributed by atoms with Crippen molar-refractivity contribution in [2.75, 3.05) is 13.2 Å². The van der Waals surface area contributed by atoms with Crippen LogP contribution in [0.3, 0.4) is 0 Å². The molecule has 1 heterocycles. The zero-order valence-electron chi connectivity index (χ0n) is 8.87. The van der Waals surface area contributed by atoms with Gasteiger partial charge in [0.25, 0.3) is 0 Å². The maximum Gasteiger partial charge on any atom is 0.129 e. The summed E-state index contributed by atoms with van der Waals surface area (Å²) >= 11 is 0. The SMILES string of the molecule is CC1CCOC(c2ccccc2F)CN1. The first-order valence-electron chi connectivity index (χ1n) is 5.37. The van der Waals surface area contributed by atoms with Gasteiger partial charge in [0, 0.05) is 24.8 Å². The molecule has 0 amide bonds. The molecule has 1 aromatic carbocycles. The molecule has 1 N–H and O–H groups in total. The quantitative estimate of drug-likeness (QED) is 0.766. The molecule has 0 bridgehead atoms. The number of halogens is 1. The highest BCUT2D eigenvalue weighted by molar-refractivity contribution is 5.20. The van der Waals surface area contributed by atoms with Crippen molar-refractivity contribution in [1.82, 2.24) is 5.32 Å². The normalized spacial score (nSPS) is 27.3. The standard InChI is InChI=1S/C12H16FNO/c1-9-6-7-15-12(8-14-9)10-4-2-3-5-11(10)13/h2-5,9,12,14H,6-8H2,1H3. The number of rotatable bonds is 1. The molecule has 1 saturated heterocycles. The number of benzene rings is 1. The Hall–Kier alpha value is -0.930. The Morgan fingerprint density at radius 2 is 2.20 bits per heavy atom. The topological polar surface area (TPSA) is 21.3 Å². The lowest BCUT2D eigenvalue weighted by molar-refractivity contribution is 0.0640. The van der Waals surface area contributed by atoms with Crippen molar-refractivity contribution in [1.29, 1.82) is 0 Å². The van der Waals surface area contributed by atoms with Crippen molar-refractivity contribution in [3.05, 3.63) is 35.6 Å². The van der Waals surface area contributed by atoms with Crippen LogP contribution >= 0.6 is 0 Å². The van der Waals surface area contributed by atoms with Gasteiger partial charge in [-0.15, -0.1) is 0 Å². The van der Waals surface area contributed by atoms with Crippen LogP contribution in [-0.2, 0) is 4.74 Å². The van der Waals surface area contributed by atoms with Crippen molar-refractivity contribution < 1.29 is 9.13 Å². The molecule has 1 fully saturated rings. The maximum absolute atomic E-state index is 13.5. The van der Waals surface area contributed by atoms with Gasteiger partial charge < -0.3 is 10.1 Å². The van der Waals surface area contributed by atoms with E-state index in [0.29, 0.717) is 24.8 Å². The second-order valence-corrected chi connectivity index (χ2v) is 3.98. The number of nitrogens with one attached hydrogen (secondary N) is 1. The fourth-order valence-electron chi connectivity index (χ4n) is 1.79. The first-order chi connectivity index (χ1) is 7.27. The van der Waals surface area contributed by atoms with Crippen LogP contribution in [0.25, 0.3) is 0 Å². The van der Waals surface area contributed by atoms with Gasteiger partial charge in [0.15, 0.2) is 0 Å². The molecule has 0 aliphatic carbocycles. The van der Waals surface area contributed by atoms with Crippen molar-refractivity contribution in [2.45, 2.75) is 25.5 Å². The van der Waals surface area contributed by atoms with Crippen LogP contribution in [0.15, 0.2) is 24.3 Å². The number of hydrogen-bond donors (Lipinski definition) is 1. The van der Waals surface area contributed by atoms with E-state index in [-0.39, 0.29) is 11.9 Å². The van der Waals surface area contributed by atoms with Crippen molar-refractivity contribution >= 4 is 0 Å². The summed E-state index contributed by atoms with van der Waals surface area (Å²) in [5, 5.41) is 3.33. The summed E-state index contributed by atoms with van der Waals surface area (Å²) in [6, 6.07) is 7.26. The monoisotopic (exact) mass is 209 g/mol. The summed E-state index contributed by atoms with van der Waals surface area (Å²) in [6.07, 6.45) is 0.821.